The first kappa shape index (κ1) is 20.2. The lowest BCUT2D eigenvalue weighted by molar-refractivity contribution is -0.137. The molecular weight excluding hydrogens is 419 g/mol. The topological polar surface area (TPSA) is 49.4 Å². The number of nitrogens with one attached hydrogen (secondary N) is 1. The number of halogens is 2. The van der Waals surface area contributed by atoms with E-state index in [0.29, 0.717) is 26.7 Å². The maximum Gasteiger partial charge on any atom is 0.278 e. The summed E-state index contributed by atoms with van der Waals surface area (Å²) in [5.74, 6) is -0.772. The number of nitrogens with zero attached hydrogens (tertiary/aromatic N) is 1. The fourth-order valence-corrected chi connectivity index (χ4v) is 3.69. The molecule has 0 bridgehead atoms. The van der Waals surface area contributed by atoms with Crippen molar-refractivity contribution >= 4 is 46.3 Å². The van der Waals surface area contributed by atoms with Crippen molar-refractivity contribution in [1.82, 2.24) is 4.90 Å². The second-order valence-corrected chi connectivity index (χ2v) is 7.83. The van der Waals surface area contributed by atoms with E-state index in [1.807, 2.05) is 43.3 Å². The number of aryl methyl sites for hydroxylation is 1. The van der Waals surface area contributed by atoms with Crippen LogP contribution in [0.1, 0.15) is 16.7 Å². The highest BCUT2D eigenvalue weighted by atomic mass is 35.5. The number of amides is 2. The molecule has 0 spiro atoms. The fourth-order valence-electron chi connectivity index (χ4n) is 3.36. The van der Waals surface area contributed by atoms with Crippen LogP contribution in [0.2, 0.25) is 10.0 Å². The van der Waals surface area contributed by atoms with Gasteiger partial charge in [0.2, 0.25) is 0 Å². The van der Waals surface area contributed by atoms with Gasteiger partial charge >= 0.3 is 0 Å². The molecule has 0 saturated carbocycles. The Labute approximate surface area is 184 Å². The Bertz CT molecular complexity index is 1170. The zero-order chi connectivity index (χ0) is 21.3. The molecule has 0 unspecified atom stereocenters. The van der Waals surface area contributed by atoms with Crippen molar-refractivity contribution in [3.8, 4) is 0 Å². The Morgan fingerprint density at radius 2 is 1.50 bits per heavy atom. The van der Waals surface area contributed by atoms with E-state index in [1.165, 1.54) is 4.90 Å². The van der Waals surface area contributed by atoms with Gasteiger partial charge in [0, 0.05) is 15.7 Å². The third kappa shape index (κ3) is 3.84. The van der Waals surface area contributed by atoms with Gasteiger partial charge < -0.3 is 5.32 Å². The van der Waals surface area contributed by atoms with E-state index >= 15 is 0 Å². The molecule has 4 rings (SSSR count). The van der Waals surface area contributed by atoms with Gasteiger partial charge in [0.05, 0.1) is 12.1 Å². The summed E-state index contributed by atoms with van der Waals surface area (Å²) in [4.78, 5) is 27.9. The Kier molecular flexibility index (Phi) is 5.62. The molecule has 4 nitrogen and oxygen atoms in total. The van der Waals surface area contributed by atoms with E-state index < -0.39 is 5.91 Å². The van der Waals surface area contributed by atoms with Gasteiger partial charge in [0.15, 0.2) is 0 Å². The minimum Gasteiger partial charge on any atom is -0.350 e. The van der Waals surface area contributed by atoms with Gasteiger partial charge in [-0.1, -0.05) is 71.7 Å². The first-order valence-corrected chi connectivity index (χ1v) is 10.1. The highest BCUT2D eigenvalue weighted by molar-refractivity contribution is 6.37. The van der Waals surface area contributed by atoms with Crippen molar-refractivity contribution in [2.24, 2.45) is 0 Å². The predicted molar refractivity (Wildman–Crippen MR) is 120 cm³/mol. The van der Waals surface area contributed by atoms with E-state index in [0.717, 1.165) is 11.3 Å². The summed E-state index contributed by atoms with van der Waals surface area (Å²) in [5, 5.41) is 4.24. The quantitative estimate of drug-likeness (QED) is 0.522. The molecule has 0 radical (unpaired) electrons. The highest BCUT2D eigenvalue weighted by Gasteiger charge is 2.39. The third-order valence-electron chi connectivity index (χ3n) is 4.99. The van der Waals surface area contributed by atoms with Crippen molar-refractivity contribution in [2.45, 2.75) is 13.5 Å². The zero-order valence-electron chi connectivity index (χ0n) is 16.2. The Morgan fingerprint density at radius 3 is 2.20 bits per heavy atom. The zero-order valence-corrected chi connectivity index (χ0v) is 17.7. The molecule has 1 aliphatic heterocycles. The van der Waals surface area contributed by atoms with Crippen LogP contribution in [-0.4, -0.2) is 16.7 Å². The molecule has 0 fully saturated rings. The molecule has 0 aliphatic carbocycles. The minimum absolute atomic E-state index is 0.0907. The fraction of sp³-hybridized carbons (Fsp3) is 0.0833. The van der Waals surface area contributed by atoms with Gasteiger partial charge in [0.25, 0.3) is 11.8 Å². The molecule has 150 valence electrons. The number of carbonyl (C=O) groups excluding carboxylic acids is 2. The van der Waals surface area contributed by atoms with Crippen molar-refractivity contribution in [3.05, 3.63) is 105 Å². The number of para-hydroxylation sites is 1. The Hall–Kier alpha value is -3.08. The van der Waals surface area contributed by atoms with Gasteiger partial charge in [-0.3, -0.25) is 14.5 Å². The average Bonchev–Trinajstić information content (AvgIpc) is 2.96. The van der Waals surface area contributed by atoms with E-state index in [9.17, 15) is 9.59 Å². The van der Waals surface area contributed by atoms with E-state index in [1.54, 1.807) is 36.4 Å². The van der Waals surface area contributed by atoms with Gasteiger partial charge in [0.1, 0.15) is 5.70 Å². The third-order valence-corrected chi connectivity index (χ3v) is 5.61. The number of anilines is 1. The standard InChI is InChI=1S/C24H18Cl2N2O2/c1-15-6-2-5-9-20(15)27-22-21(16-10-12-18(25)13-11-16)23(29)28(24(22)30)14-17-7-3-4-8-19(17)26/h2-13,27H,14H2,1H3. The van der Waals surface area contributed by atoms with Crippen molar-refractivity contribution in [2.75, 3.05) is 5.32 Å². The summed E-state index contributed by atoms with van der Waals surface area (Å²) in [6, 6.07) is 21.6. The number of imide groups is 1. The van der Waals surface area contributed by atoms with Crippen molar-refractivity contribution in [3.63, 3.8) is 0 Å². The van der Waals surface area contributed by atoms with Crippen LogP contribution in [0, 0.1) is 6.92 Å². The molecule has 3 aromatic carbocycles. The van der Waals surface area contributed by atoms with Crippen molar-refractivity contribution < 1.29 is 9.59 Å². The van der Waals surface area contributed by atoms with Crippen LogP contribution in [0.4, 0.5) is 5.69 Å². The largest absolute Gasteiger partial charge is 0.350 e. The number of benzene rings is 3. The Morgan fingerprint density at radius 1 is 0.833 bits per heavy atom. The summed E-state index contributed by atoms with van der Waals surface area (Å²) in [7, 11) is 0. The predicted octanol–water partition coefficient (Wildman–Crippen LogP) is 5.69. The van der Waals surface area contributed by atoms with Gasteiger partial charge in [-0.25, -0.2) is 0 Å². The number of rotatable bonds is 5. The summed E-state index contributed by atoms with van der Waals surface area (Å²) in [6.07, 6.45) is 0. The average molecular weight is 437 g/mol. The molecule has 3 aromatic rings. The molecular formula is C24H18Cl2N2O2. The van der Waals surface area contributed by atoms with Crippen LogP contribution in [0.5, 0.6) is 0 Å². The lowest BCUT2D eigenvalue weighted by atomic mass is 10.0. The van der Waals surface area contributed by atoms with Crippen LogP contribution >= 0.6 is 23.2 Å². The normalized spacial score (nSPS) is 13.9. The molecule has 6 heteroatoms. The molecule has 0 saturated heterocycles. The monoisotopic (exact) mass is 436 g/mol. The second-order valence-electron chi connectivity index (χ2n) is 6.98. The molecule has 0 atom stereocenters. The van der Waals surface area contributed by atoms with E-state index in [4.69, 9.17) is 23.2 Å². The summed E-state index contributed by atoms with van der Waals surface area (Å²) in [5.41, 5.74) is 3.60. The molecule has 1 N–H and O–H groups in total. The smallest absolute Gasteiger partial charge is 0.278 e. The summed E-state index contributed by atoms with van der Waals surface area (Å²) < 4.78 is 0. The van der Waals surface area contributed by atoms with E-state index in [-0.39, 0.29) is 18.1 Å². The first-order valence-electron chi connectivity index (χ1n) is 9.38. The van der Waals surface area contributed by atoms with Crippen LogP contribution in [-0.2, 0) is 16.1 Å². The summed E-state index contributed by atoms with van der Waals surface area (Å²) >= 11 is 12.3. The van der Waals surface area contributed by atoms with Crippen LogP contribution in [0.15, 0.2) is 78.5 Å². The lowest BCUT2D eigenvalue weighted by Gasteiger charge is -2.16. The van der Waals surface area contributed by atoms with Crippen molar-refractivity contribution in [1.29, 1.82) is 0 Å². The number of hydrogen-bond donors (Lipinski definition) is 1. The summed E-state index contributed by atoms with van der Waals surface area (Å²) in [6.45, 7) is 2.03. The van der Waals surface area contributed by atoms with Gasteiger partial charge in [-0.2, -0.15) is 0 Å². The molecule has 2 amide bonds. The highest BCUT2D eigenvalue weighted by Crippen LogP contribution is 2.33. The Balaban J connectivity index is 1.77. The number of carbonyl (C=O) groups is 2. The van der Waals surface area contributed by atoms with Crippen LogP contribution in [0.3, 0.4) is 0 Å². The second kappa shape index (κ2) is 8.34. The minimum atomic E-state index is -0.395. The molecule has 1 aliphatic rings. The SMILES string of the molecule is Cc1ccccc1NC1=C(c2ccc(Cl)cc2)C(=O)N(Cc2ccccc2Cl)C1=O. The maximum atomic E-state index is 13.3. The lowest BCUT2D eigenvalue weighted by Crippen LogP contribution is -2.32. The van der Waals surface area contributed by atoms with Crippen LogP contribution < -0.4 is 5.32 Å². The maximum absolute atomic E-state index is 13.3. The molecule has 30 heavy (non-hydrogen) atoms. The van der Waals surface area contributed by atoms with Gasteiger partial charge in [-0.15, -0.1) is 0 Å². The van der Waals surface area contributed by atoms with Gasteiger partial charge in [-0.05, 0) is 47.9 Å². The molecule has 1 heterocycles. The first-order chi connectivity index (χ1) is 14.5. The number of hydrogen-bond acceptors (Lipinski definition) is 3. The van der Waals surface area contributed by atoms with E-state index in [2.05, 4.69) is 5.32 Å². The van der Waals surface area contributed by atoms with Crippen LogP contribution in [0.25, 0.3) is 5.57 Å². The molecule has 0 aromatic heterocycles.